The average molecular weight is 905 g/mol. The van der Waals surface area contributed by atoms with Gasteiger partial charge in [-0.3, -0.25) is 39.1 Å². The zero-order valence-electron chi connectivity index (χ0n) is 33.3. The van der Waals surface area contributed by atoms with Crippen molar-refractivity contribution >= 4 is 57.9 Å². The fourth-order valence-corrected chi connectivity index (χ4v) is 5.04. The second kappa shape index (κ2) is 31.2. The molecule has 0 bridgehead atoms. The van der Waals surface area contributed by atoms with E-state index in [0.29, 0.717) is 44.5 Å². The molecule has 0 amide bonds. The van der Waals surface area contributed by atoms with Crippen LogP contribution >= 0.6 is 24.4 Å². The topological polar surface area (TPSA) is 164 Å². The van der Waals surface area contributed by atoms with Crippen molar-refractivity contribution in [2.45, 2.75) is 0 Å². The van der Waals surface area contributed by atoms with Gasteiger partial charge in [0, 0.05) is 94.1 Å². The van der Waals surface area contributed by atoms with E-state index < -0.39 is 0 Å². The number of ketones is 4. The fourth-order valence-electron chi connectivity index (χ4n) is 5.04. The van der Waals surface area contributed by atoms with Crippen LogP contribution in [-0.4, -0.2) is 53.4 Å². The summed E-state index contributed by atoms with van der Waals surface area (Å²) in [4.78, 5) is 62.8. The van der Waals surface area contributed by atoms with Gasteiger partial charge in [0.2, 0.25) is 0 Å². The summed E-state index contributed by atoms with van der Waals surface area (Å²) in [6.07, 6.45) is 13.0. The summed E-state index contributed by atoms with van der Waals surface area (Å²) in [6, 6.07) is 50.6. The Labute approximate surface area is 386 Å². The summed E-state index contributed by atoms with van der Waals surface area (Å²) in [5.41, 5.74) is 5.52. The summed E-state index contributed by atoms with van der Waals surface area (Å²) < 4.78 is 0. The van der Waals surface area contributed by atoms with Gasteiger partial charge in [0.05, 0.1) is 0 Å². The molecule has 0 atom stereocenters. The van der Waals surface area contributed by atoms with Gasteiger partial charge in [-0.15, -0.1) is 0 Å². The zero-order chi connectivity index (χ0) is 44.6. The number of isothiocyanates is 2. The molecule has 63 heavy (non-hydrogen) atoms. The fraction of sp³-hybridized carbons (Fsp3) is 0. The molecule has 4 heterocycles. The molecule has 8 aromatic rings. The normalized spacial score (nSPS) is 8.89. The van der Waals surface area contributed by atoms with Crippen LogP contribution in [0.1, 0.15) is 63.7 Å². The van der Waals surface area contributed by atoms with Crippen molar-refractivity contribution in [1.29, 1.82) is 0 Å². The molecule has 0 aliphatic heterocycles. The molecule has 0 radical (unpaired) electrons. The summed E-state index contributed by atoms with van der Waals surface area (Å²) in [7, 11) is 0. The molecule has 4 aromatic carbocycles. The third kappa shape index (κ3) is 19.0. The van der Waals surface area contributed by atoms with Crippen molar-refractivity contribution < 1.29 is 36.2 Å². The minimum Gasteiger partial charge on any atom is -0.753 e. The molecule has 0 saturated heterocycles. The zero-order valence-corrected chi connectivity index (χ0v) is 36.0. The molecular formula is C50H36FeN6O4S2. The molecule has 0 fully saturated rings. The Morgan fingerprint density at radius 1 is 0.302 bits per heavy atom. The molecule has 0 N–H and O–H groups in total. The first kappa shape index (κ1) is 51.4. The molecule has 10 nitrogen and oxygen atoms in total. The molecule has 0 aliphatic rings. The van der Waals surface area contributed by atoms with E-state index >= 15 is 0 Å². The molecule has 0 unspecified atom stereocenters. The van der Waals surface area contributed by atoms with Crippen LogP contribution in [0, 0.1) is 0 Å². The number of carbonyl (C=O) groups excluding carboxylic acids is 4. The van der Waals surface area contributed by atoms with Crippen LogP contribution in [0.4, 0.5) is 0 Å². The number of benzene rings is 4. The van der Waals surface area contributed by atoms with E-state index in [-0.39, 0.29) is 40.2 Å². The molecule has 13 heteroatoms. The Hall–Kier alpha value is -7.72. The second-order valence-electron chi connectivity index (χ2n) is 11.9. The SMILES string of the molecule is O=C(c1ccccc1)c1ccncc1.O=C(c1ccccc1)c1ccncc1.O=C(c1ccccc1)c1ccncc1.O=C(c1ccccc1)c1ccncc1.[Fe+2].[N-]=C=S.[N-]=C=S. The van der Waals surface area contributed by atoms with E-state index in [4.69, 9.17) is 10.8 Å². The number of hydrogen-bond acceptors (Lipinski definition) is 10. The maximum absolute atomic E-state index is 11.8. The summed E-state index contributed by atoms with van der Waals surface area (Å²) >= 11 is 7.40. The number of nitrogens with zero attached hydrogens (tertiary/aromatic N) is 6. The Morgan fingerprint density at radius 2 is 0.429 bits per heavy atom. The number of carbonyl (C=O) groups is 4. The summed E-state index contributed by atoms with van der Waals surface area (Å²) in [5.74, 6) is 0.141. The van der Waals surface area contributed by atoms with E-state index in [1.165, 1.54) is 10.3 Å². The van der Waals surface area contributed by atoms with Gasteiger partial charge < -0.3 is 10.8 Å². The Kier molecular flexibility index (Phi) is 25.5. The predicted octanol–water partition coefficient (Wildman–Crippen LogP) is 10.6. The smallest absolute Gasteiger partial charge is 0.753 e. The van der Waals surface area contributed by atoms with Crippen molar-refractivity contribution in [3.8, 4) is 0 Å². The first-order valence-corrected chi connectivity index (χ1v) is 19.2. The summed E-state index contributed by atoms with van der Waals surface area (Å²) in [5, 5.41) is 16.9. The molecule has 4 aromatic heterocycles. The van der Waals surface area contributed by atoms with Crippen molar-refractivity contribution in [3.63, 3.8) is 0 Å². The molecule has 310 valence electrons. The molecule has 8 rings (SSSR count). The number of pyridine rings is 4. The Balaban J connectivity index is 0.000000275. The average Bonchev–Trinajstić information content (AvgIpc) is 3.36. The van der Waals surface area contributed by atoms with Gasteiger partial charge in [-0.2, -0.15) is 10.3 Å². The largest absolute Gasteiger partial charge is 2.00 e. The van der Waals surface area contributed by atoms with Crippen molar-refractivity contribution in [1.82, 2.24) is 19.9 Å². The Bertz CT molecular complexity index is 2080. The van der Waals surface area contributed by atoms with Gasteiger partial charge in [-0.25, -0.2) is 0 Å². The summed E-state index contributed by atoms with van der Waals surface area (Å²) in [6.45, 7) is 0. The standard InChI is InChI=1S/4C12H9NO.2CNS.Fe/c4*14-12(10-4-2-1-3-5-10)11-6-8-13-9-7-11;2*2-1-3;/h4*1-9H;;;/q;;;;2*-1;+2. The monoisotopic (exact) mass is 904 g/mol. The van der Waals surface area contributed by atoms with Crippen molar-refractivity contribution in [2.24, 2.45) is 0 Å². The molecule has 0 spiro atoms. The van der Waals surface area contributed by atoms with Crippen molar-refractivity contribution in [3.05, 3.63) is 275 Å². The number of rotatable bonds is 8. The number of aromatic nitrogens is 4. The van der Waals surface area contributed by atoms with Crippen LogP contribution < -0.4 is 0 Å². The van der Waals surface area contributed by atoms with Gasteiger partial charge in [-0.05, 0) is 48.5 Å². The van der Waals surface area contributed by atoms with Crippen LogP contribution in [0.3, 0.4) is 0 Å². The molecule has 0 saturated carbocycles. The number of thiocarbonyl (C=S) groups is 2. The quantitative estimate of drug-likeness (QED) is 0.0620. The second-order valence-corrected chi connectivity index (χ2v) is 12.3. The van der Waals surface area contributed by atoms with Gasteiger partial charge >= 0.3 is 17.1 Å². The van der Waals surface area contributed by atoms with E-state index in [2.05, 4.69) is 44.4 Å². The van der Waals surface area contributed by atoms with Crippen LogP contribution in [0.15, 0.2) is 219 Å². The number of hydrogen-bond donors (Lipinski definition) is 0. The van der Waals surface area contributed by atoms with Crippen LogP contribution in [0.2, 0.25) is 0 Å². The third-order valence-corrected chi connectivity index (χ3v) is 7.91. The van der Waals surface area contributed by atoms with E-state index in [1.807, 2.05) is 121 Å². The minimum atomic E-state index is 0. The van der Waals surface area contributed by atoms with E-state index in [1.54, 1.807) is 98.1 Å². The van der Waals surface area contributed by atoms with Gasteiger partial charge in [0.1, 0.15) is 0 Å². The minimum absolute atomic E-state index is 0. The van der Waals surface area contributed by atoms with Crippen LogP contribution in [0.5, 0.6) is 0 Å². The molecule has 0 aliphatic carbocycles. The van der Waals surface area contributed by atoms with E-state index in [0.717, 1.165) is 0 Å². The van der Waals surface area contributed by atoms with Gasteiger partial charge in [-0.1, -0.05) is 146 Å². The van der Waals surface area contributed by atoms with Gasteiger partial charge in [0.25, 0.3) is 0 Å². The third-order valence-electron chi connectivity index (χ3n) is 7.91. The van der Waals surface area contributed by atoms with E-state index in [9.17, 15) is 19.2 Å². The maximum Gasteiger partial charge on any atom is 2.00 e. The van der Waals surface area contributed by atoms with Crippen LogP contribution in [0.25, 0.3) is 10.8 Å². The predicted molar refractivity (Wildman–Crippen MR) is 248 cm³/mol. The molecular weight excluding hydrogens is 869 g/mol. The van der Waals surface area contributed by atoms with Crippen molar-refractivity contribution in [2.75, 3.05) is 0 Å². The Morgan fingerprint density at radius 3 is 0.571 bits per heavy atom. The maximum atomic E-state index is 11.8. The van der Waals surface area contributed by atoms with Crippen LogP contribution in [-0.2, 0) is 17.1 Å². The first-order valence-electron chi connectivity index (χ1n) is 18.4. The first-order chi connectivity index (χ1) is 30.3. The van der Waals surface area contributed by atoms with Gasteiger partial charge in [0.15, 0.2) is 23.1 Å².